The number of amides is 1. The maximum Gasteiger partial charge on any atom is 0.236 e. The third-order valence-electron chi connectivity index (χ3n) is 5.04. The second kappa shape index (κ2) is 9.71. The first kappa shape index (κ1) is 21.1. The number of benzene rings is 2. The van der Waals surface area contributed by atoms with E-state index in [0.717, 1.165) is 16.9 Å². The van der Waals surface area contributed by atoms with Gasteiger partial charge in [-0.2, -0.15) is 4.31 Å². The summed E-state index contributed by atoms with van der Waals surface area (Å²) in [5.74, 6) is 0.575. The number of carbonyl (C=O) groups is 1. The van der Waals surface area contributed by atoms with Crippen LogP contribution >= 0.6 is 0 Å². The van der Waals surface area contributed by atoms with Crippen molar-refractivity contribution in [1.82, 2.24) is 9.62 Å². The Morgan fingerprint density at radius 1 is 1.10 bits per heavy atom. The van der Waals surface area contributed by atoms with Gasteiger partial charge >= 0.3 is 0 Å². The molecule has 6 nitrogen and oxygen atoms in total. The minimum Gasteiger partial charge on any atom is -0.497 e. The van der Waals surface area contributed by atoms with Crippen LogP contribution in [0.15, 0.2) is 60.0 Å². The van der Waals surface area contributed by atoms with Crippen LogP contribution in [0.3, 0.4) is 0 Å². The lowest BCUT2D eigenvalue weighted by atomic mass is 9.97. The minimum absolute atomic E-state index is 0.0299. The molecule has 0 saturated carbocycles. The molecule has 1 fully saturated rings. The molecule has 0 radical (unpaired) electrons. The standard InChI is InChI=1S/C22H26N2O4S/c1-28-21-9-7-19(8-10-21)17-23-22(25)20-11-14-24(15-12-20)29(26,27)16-13-18-5-3-2-4-6-18/h2-10,13,16,20H,11-12,14-15,17H2,1H3,(H,23,25)/b16-13+. The number of hydrogen-bond acceptors (Lipinski definition) is 4. The Balaban J connectivity index is 1.48. The Morgan fingerprint density at radius 3 is 2.38 bits per heavy atom. The Bertz CT molecular complexity index is 933. The lowest BCUT2D eigenvalue weighted by Crippen LogP contribution is -2.42. The van der Waals surface area contributed by atoms with Crippen LogP contribution in [0.1, 0.15) is 24.0 Å². The summed E-state index contributed by atoms with van der Waals surface area (Å²) in [6, 6.07) is 16.8. The maximum atomic E-state index is 12.5. The molecule has 0 unspecified atom stereocenters. The molecule has 0 aromatic heterocycles. The van der Waals surface area contributed by atoms with Crippen molar-refractivity contribution in [3.63, 3.8) is 0 Å². The molecule has 7 heteroatoms. The largest absolute Gasteiger partial charge is 0.497 e. The van der Waals surface area contributed by atoms with Gasteiger partial charge in [0.05, 0.1) is 7.11 Å². The quantitative estimate of drug-likeness (QED) is 0.756. The zero-order valence-corrected chi connectivity index (χ0v) is 17.3. The topological polar surface area (TPSA) is 75.7 Å². The van der Waals surface area contributed by atoms with E-state index in [1.807, 2.05) is 54.6 Å². The average Bonchev–Trinajstić information content (AvgIpc) is 2.77. The first-order chi connectivity index (χ1) is 14.0. The number of rotatable bonds is 7. The Labute approximate surface area is 172 Å². The molecular weight excluding hydrogens is 388 g/mol. The van der Waals surface area contributed by atoms with Gasteiger partial charge in [0.2, 0.25) is 15.9 Å². The van der Waals surface area contributed by atoms with Gasteiger partial charge in [-0.1, -0.05) is 42.5 Å². The van der Waals surface area contributed by atoms with Crippen LogP contribution in [0.5, 0.6) is 5.75 Å². The van der Waals surface area contributed by atoms with E-state index in [9.17, 15) is 13.2 Å². The Morgan fingerprint density at radius 2 is 1.76 bits per heavy atom. The first-order valence-electron chi connectivity index (χ1n) is 9.62. The molecule has 1 saturated heterocycles. The van der Waals surface area contributed by atoms with Gasteiger partial charge in [-0.25, -0.2) is 8.42 Å². The second-order valence-electron chi connectivity index (χ2n) is 7.00. The number of ether oxygens (including phenoxy) is 1. The summed E-state index contributed by atoms with van der Waals surface area (Å²) in [5.41, 5.74) is 1.83. The van der Waals surface area contributed by atoms with Gasteiger partial charge < -0.3 is 10.1 Å². The predicted octanol–water partition coefficient (Wildman–Crippen LogP) is 3.02. The summed E-state index contributed by atoms with van der Waals surface area (Å²) in [4.78, 5) is 12.4. The molecule has 0 spiro atoms. The van der Waals surface area contributed by atoms with Crippen molar-refractivity contribution in [2.75, 3.05) is 20.2 Å². The van der Waals surface area contributed by atoms with Crippen molar-refractivity contribution < 1.29 is 17.9 Å². The molecule has 0 aliphatic carbocycles. The van der Waals surface area contributed by atoms with Crippen molar-refractivity contribution in [3.05, 3.63) is 71.1 Å². The van der Waals surface area contributed by atoms with E-state index in [-0.39, 0.29) is 11.8 Å². The molecule has 29 heavy (non-hydrogen) atoms. The van der Waals surface area contributed by atoms with Gasteiger partial charge in [-0.05, 0) is 42.2 Å². The summed E-state index contributed by atoms with van der Waals surface area (Å²) < 4.78 is 31.6. The molecular formula is C22H26N2O4S. The van der Waals surface area contributed by atoms with Crippen molar-refractivity contribution in [1.29, 1.82) is 0 Å². The van der Waals surface area contributed by atoms with Crippen molar-refractivity contribution in [2.45, 2.75) is 19.4 Å². The first-order valence-corrected chi connectivity index (χ1v) is 11.1. The number of carbonyl (C=O) groups excluding carboxylic acids is 1. The zero-order valence-electron chi connectivity index (χ0n) is 16.5. The molecule has 1 N–H and O–H groups in total. The van der Waals surface area contributed by atoms with Crippen LogP contribution in [0.25, 0.3) is 6.08 Å². The van der Waals surface area contributed by atoms with E-state index >= 15 is 0 Å². The summed E-state index contributed by atoms with van der Waals surface area (Å²) >= 11 is 0. The molecule has 1 aliphatic heterocycles. The third-order valence-corrected chi connectivity index (χ3v) is 6.61. The SMILES string of the molecule is COc1ccc(CNC(=O)C2CCN(S(=O)(=O)/C=C/c3ccccc3)CC2)cc1. The molecule has 154 valence electrons. The number of piperidine rings is 1. The van der Waals surface area contributed by atoms with Crippen LogP contribution < -0.4 is 10.1 Å². The number of nitrogens with zero attached hydrogens (tertiary/aromatic N) is 1. The smallest absolute Gasteiger partial charge is 0.236 e. The average molecular weight is 415 g/mol. The van der Waals surface area contributed by atoms with Gasteiger partial charge in [0.25, 0.3) is 0 Å². The van der Waals surface area contributed by atoms with E-state index in [1.54, 1.807) is 13.2 Å². The van der Waals surface area contributed by atoms with Crippen LogP contribution in [0.2, 0.25) is 0 Å². The highest BCUT2D eigenvalue weighted by Gasteiger charge is 2.29. The molecule has 0 atom stereocenters. The van der Waals surface area contributed by atoms with Gasteiger partial charge in [-0.3, -0.25) is 4.79 Å². The lowest BCUT2D eigenvalue weighted by molar-refractivity contribution is -0.126. The van der Waals surface area contributed by atoms with Crippen molar-refractivity contribution in [2.24, 2.45) is 5.92 Å². The molecule has 1 amide bonds. The molecule has 2 aromatic rings. The van der Waals surface area contributed by atoms with Gasteiger partial charge in [0, 0.05) is 31.0 Å². The summed E-state index contributed by atoms with van der Waals surface area (Å²) in [6.07, 6.45) is 2.64. The summed E-state index contributed by atoms with van der Waals surface area (Å²) in [5, 5.41) is 4.19. The normalized spacial score (nSPS) is 16.0. The maximum absolute atomic E-state index is 12.5. The van der Waals surface area contributed by atoms with E-state index in [1.165, 1.54) is 9.71 Å². The van der Waals surface area contributed by atoms with E-state index in [2.05, 4.69) is 5.32 Å². The monoisotopic (exact) mass is 414 g/mol. The van der Waals surface area contributed by atoms with Gasteiger partial charge in [0.15, 0.2) is 0 Å². The lowest BCUT2D eigenvalue weighted by Gasteiger charge is -2.29. The van der Waals surface area contributed by atoms with Crippen molar-refractivity contribution in [3.8, 4) is 5.75 Å². The summed E-state index contributed by atoms with van der Waals surface area (Å²) in [6.45, 7) is 1.14. The fraction of sp³-hybridized carbons (Fsp3) is 0.318. The fourth-order valence-electron chi connectivity index (χ4n) is 3.26. The Hall–Kier alpha value is -2.64. The number of sulfonamides is 1. The highest BCUT2D eigenvalue weighted by molar-refractivity contribution is 7.92. The van der Waals surface area contributed by atoms with Crippen molar-refractivity contribution >= 4 is 22.0 Å². The summed E-state index contributed by atoms with van der Waals surface area (Å²) in [7, 11) is -1.87. The third kappa shape index (κ3) is 5.92. The number of methoxy groups -OCH3 is 1. The van der Waals surface area contributed by atoms with E-state index in [4.69, 9.17) is 4.74 Å². The zero-order chi connectivity index (χ0) is 20.7. The highest BCUT2D eigenvalue weighted by Crippen LogP contribution is 2.21. The highest BCUT2D eigenvalue weighted by atomic mass is 32.2. The molecule has 0 bridgehead atoms. The van der Waals surface area contributed by atoms with Gasteiger partial charge in [-0.15, -0.1) is 0 Å². The predicted molar refractivity (Wildman–Crippen MR) is 114 cm³/mol. The molecule has 3 rings (SSSR count). The Kier molecular flexibility index (Phi) is 7.06. The number of hydrogen-bond donors (Lipinski definition) is 1. The molecule has 1 aliphatic rings. The van der Waals surface area contributed by atoms with Crippen LogP contribution in [0, 0.1) is 5.92 Å². The van der Waals surface area contributed by atoms with Crippen LogP contribution in [0.4, 0.5) is 0 Å². The minimum atomic E-state index is -3.48. The van der Waals surface area contributed by atoms with E-state index < -0.39 is 10.0 Å². The molecule has 2 aromatic carbocycles. The number of nitrogens with one attached hydrogen (secondary N) is 1. The van der Waals surface area contributed by atoms with Gasteiger partial charge in [0.1, 0.15) is 5.75 Å². The van der Waals surface area contributed by atoms with Crippen LogP contribution in [-0.4, -0.2) is 38.8 Å². The fourth-order valence-corrected chi connectivity index (χ4v) is 4.49. The van der Waals surface area contributed by atoms with E-state index in [0.29, 0.717) is 32.5 Å². The van der Waals surface area contributed by atoms with Crippen LogP contribution in [-0.2, 0) is 21.4 Å². The second-order valence-corrected chi connectivity index (χ2v) is 8.82. The molecule has 1 heterocycles.